The number of nitrogens with zero attached hydrogens (tertiary/aromatic N) is 2. The standard InChI is InChI=1S/C19H25N3O3/c23-18(10-6-1-2-7-12-22-13-11-20-15-22)21-17(19(24)25)14-16-8-4-3-5-9-16/h3-5,8-9,11,13,15,17H,1-2,6-7,10,12,14H2,(H,21,23)(H,24,25)/t17-/m0/s1. The third kappa shape index (κ3) is 7.20. The molecule has 1 aromatic carbocycles. The van der Waals surface area contributed by atoms with Gasteiger partial charge in [-0.25, -0.2) is 9.78 Å². The molecule has 25 heavy (non-hydrogen) atoms. The van der Waals surface area contributed by atoms with E-state index in [1.165, 1.54) is 0 Å². The van der Waals surface area contributed by atoms with Crippen LogP contribution in [0.15, 0.2) is 49.1 Å². The summed E-state index contributed by atoms with van der Waals surface area (Å²) in [7, 11) is 0. The summed E-state index contributed by atoms with van der Waals surface area (Å²) in [6.45, 7) is 0.935. The molecule has 1 atom stereocenters. The van der Waals surface area contributed by atoms with Crippen LogP contribution in [0.3, 0.4) is 0 Å². The molecule has 0 saturated carbocycles. The second-order valence-electron chi connectivity index (χ2n) is 6.11. The Bertz CT molecular complexity index is 641. The van der Waals surface area contributed by atoms with Crippen molar-refractivity contribution in [2.45, 2.75) is 51.1 Å². The van der Waals surface area contributed by atoms with E-state index in [1.54, 1.807) is 12.5 Å². The molecule has 6 nitrogen and oxygen atoms in total. The quantitative estimate of drug-likeness (QED) is 0.614. The van der Waals surface area contributed by atoms with Crippen LogP contribution in [-0.2, 0) is 22.6 Å². The van der Waals surface area contributed by atoms with Gasteiger partial charge in [-0.05, 0) is 18.4 Å². The second kappa shape index (κ2) is 10.3. The molecule has 1 aromatic heterocycles. The van der Waals surface area contributed by atoms with Gasteiger partial charge in [0.25, 0.3) is 0 Å². The normalized spacial score (nSPS) is 11.8. The topological polar surface area (TPSA) is 84.2 Å². The maximum Gasteiger partial charge on any atom is 0.326 e. The molecule has 0 bridgehead atoms. The molecule has 0 aliphatic rings. The van der Waals surface area contributed by atoms with Crippen LogP contribution in [0, 0.1) is 0 Å². The third-order valence-corrected chi connectivity index (χ3v) is 4.05. The number of amides is 1. The Hall–Kier alpha value is -2.63. The summed E-state index contributed by atoms with van der Waals surface area (Å²) in [5, 5.41) is 11.9. The SMILES string of the molecule is O=C(CCCCCCn1ccnc1)N[C@@H](Cc1ccccc1)C(=O)O. The molecule has 1 amide bonds. The number of aromatic nitrogens is 2. The van der Waals surface area contributed by atoms with Gasteiger partial charge in [-0.1, -0.05) is 43.2 Å². The Kier molecular flexibility index (Phi) is 7.69. The fourth-order valence-corrected chi connectivity index (χ4v) is 2.67. The first kappa shape index (κ1) is 18.7. The Morgan fingerprint density at radius 1 is 1.12 bits per heavy atom. The largest absolute Gasteiger partial charge is 0.480 e. The molecular formula is C19H25N3O3. The minimum absolute atomic E-state index is 0.196. The Labute approximate surface area is 147 Å². The molecule has 0 radical (unpaired) electrons. The number of nitrogens with one attached hydrogen (secondary N) is 1. The number of benzene rings is 1. The van der Waals surface area contributed by atoms with E-state index in [2.05, 4.69) is 10.3 Å². The van der Waals surface area contributed by atoms with Crippen LogP contribution >= 0.6 is 0 Å². The van der Waals surface area contributed by atoms with Gasteiger partial charge in [-0.15, -0.1) is 0 Å². The van der Waals surface area contributed by atoms with E-state index in [0.29, 0.717) is 12.8 Å². The van der Waals surface area contributed by atoms with Gasteiger partial charge in [0.15, 0.2) is 0 Å². The number of aliphatic carboxylic acids is 1. The predicted molar refractivity (Wildman–Crippen MR) is 95.0 cm³/mol. The molecule has 0 fully saturated rings. The molecule has 0 saturated heterocycles. The van der Waals surface area contributed by atoms with Crippen molar-refractivity contribution in [2.24, 2.45) is 0 Å². The molecule has 1 heterocycles. The van der Waals surface area contributed by atoms with E-state index in [1.807, 2.05) is 41.1 Å². The summed E-state index contributed by atoms with van der Waals surface area (Å²) in [6, 6.07) is 8.45. The summed E-state index contributed by atoms with van der Waals surface area (Å²) >= 11 is 0. The smallest absolute Gasteiger partial charge is 0.326 e. The molecule has 134 valence electrons. The van der Waals surface area contributed by atoms with Gasteiger partial charge in [0.1, 0.15) is 6.04 Å². The van der Waals surface area contributed by atoms with Crippen LogP contribution in [0.1, 0.15) is 37.7 Å². The van der Waals surface area contributed by atoms with Crippen LogP contribution < -0.4 is 5.32 Å². The number of imidazole rings is 1. The first-order valence-corrected chi connectivity index (χ1v) is 8.67. The third-order valence-electron chi connectivity index (χ3n) is 4.05. The predicted octanol–water partition coefficient (Wildman–Crippen LogP) is 2.65. The molecule has 0 aliphatic carbocycles. The van der Waals surface area contributed by atoms with E-state index in [0.717, 1.165) is 37.8 Å². The lowest BCUT2D eigenvalue weighted by Gasteiger charge is -2.14. The summed E-state index contributed by atoms with van der Waals surface area (Å²) in [6.07, 6.45) is 9.97. The van der Waals surface area contributed by atoms with Crippen LogP contribution in [0.4, 0.5) is 0 Å². The average Bonchev–Trinajstić information content (AvgIpc) is 3.11. The van der Waals surface area contributed by atoms with Gasteiger partial charge in [0.2, 0.25) is 5.91 Å². The lowest BCUT2D eigenvalue weighted by molar-refractivity contribution is -0.141. The maximum atomic E-state index is 12.0. The molecule has 0 unspecified atom stereocenters. The summed E-state index contributed by atoms with van der Waals surface area (Å²) in [5.74, 6) is -1.20. The van der Waals surface area contributed by atoms with Crippen LogP contribution in [0.25, 0.3) is 0 Å². The van der Waals surface area contributed by atoms with Gasteiger partial charge < -0.3 is 15.0 Å². The summed E-state index contributed by atoms with van der Waals surface area (Å²) < 4.78 is 2.04. The zero-order chi connectivity index (χ0) is 17.9. The Balaban J connectivity index is 1.62. The minimum Gasteiger partial charge on any atom is -0.480 e. The second-order valence-corrected chi connectivity index (χ2v) is 6.11. The minimum atomic E-state index is -1.00. The zero-order valence-electron chi connectivity index (χ0n) is 14.3. The van der Waals surface area contributed by atoms with E-state index < -0.39 is 12.0 Å². The van der Waals surface area contributed by atoms with Crippen molar-refractivity contribution >= 4 is 11.9 Å². The van der Waals surface area contributed by atoms with E-state index in [4.69, 9.17) is 0 Å². The highest BCUT2D eigenvalue weighted by molar-refractivity contribution is 5.83. The van der Waals surface area contributed by atoms with Crippen molar-refractivity contribution in [1.29, 1.82) is 0 Å². The van der Waals surface area contributed by atoms with Crippen molar-refractivity contribution < 1.29 is 14.7 Å². The summed E-state index contributed by atoms with van der Waals surface area (Å²) in [5.41, 5.74) is 0.898. The highest BCUT2D eigenvalue weighted by Crippen LogP contribution is 2.07. The van der Waals surface area contributed by atoms with Crippen LogP contribution in [-0.4, -0.2) is 32.6 Å². The summed E-state index contributed by atoms with van der Waals surface area (Å²) in [4.78, 5) is 27.3. The molecule has 2 rings (SSSR count). The van der Waals surface area contributed by atoms with E-state index >= 15 is 0 Å². The van der Waals surface area contributed by atoms with Gasteiger partial charge in [-0.2, -0.15) is 0 Å². The zero-order valence-corrected chi connectivity index (χ0v) is 14.3. The first-order valence-electron chi connectivity index (χ1n) is 8.67. The van der Waals surface area contributed by atoms with Crippen molar-refractivity contribution in [1.82, 2.24) is 14.9 Å². The van der Waals surface area contributed by atoms with Gasteiger partial charge in [0, 0.05) is 31.8 Å². The monoisotopic (exact) mass is 343 g/mol. The Morgan fingerprint density at radius 2 is 1.88 bits per heavy atom. The van der Waals surface area contributed by atoms with Crippen molar-refractivity contribution in [3.8, 4) is 0 Å². The highest BCUT2D eigenvalue weighted by Gasteiger charge is 2.19. The van der Waals surface area contributed by atoms with Crippen LogP contribution in [0.5, 0.6) is 0 Å². The molecule has 0 aliphatic heterocycles. The number of carbonyl (C=O) groups excluding carboxylic acids is 1. The van der Waals surface area contributed by atoms with Crippen molar-refractivity contribution in [3.05, 3.63) is 54.6 Å². The fraction of sp³-hybridized carbons (Fsp3) is 0.421. The number of carbonyl (C=O) groups is 2. The molecule has 2 N–H and O–H groups in total. The number of rotatable bonds is 11. The lowest BCUT2D eigenvalue weighted by atomic mass is 10.1. The highest BCUT2D eigenvalue weighted by atomic mass is 16.4. The lowest BCUT2D eigenvalue weighted by Crippen LogP contribution is -2.42. The van der Waals surface area contributed by atoms with Crippen LogP contribution in [0.2, 0.25) is 0 Å². The maximum absolute atomic E-state index is 12.0. The fourth-order valence-electron chi connectivity index (χ4n) is 2.67. The number of unbranched alkanes of at least 4 members (excludes halogenated alkanes) is 3. The van der Waals surface area contributed by atoms with E-state index in [-0.39, 0.29) is 5.91 Å². The van der Waals surface area contributed by atoms with E-state index in [9.17, 15) is 14.7 Å². The van der Waals surface area contributed by atoms with Gasteiger partial charge >= 0.3 is 5.97 Å². The number of carboxylic acids is 1. The van der Waals surface area contributed by atoms with Gasteiger partial charge in [-0.3, -0.25) is 4.79 Å². The molecule has 0 spiro atoms. The number of carboxylic acid groups (broad SMARTS) is 1. The average molecular weight is 343 g/mol. The van der Waals surface area contributed by atoms with Gasteiger partial charge in [0.05, 0.1) is 6.33 Å². The van der Waals surface area contributed by atoms with Crippen molar-refractivity contribution in [2.75, 3.05) is 0 Å². The number of aryl methyl sites for hydroxylation is 1. The molecule has 2 aromatic rings. The molecular weight excluding hydrogens is 318 g/mol. The Morgan fingerprint density at radius 3 is 2.56 bits per heavy atom. The number of hydrogen-bond donors (Lipinski definition) is 2. The molecule has 6 heteroatoms. The number of hydrogen-bond acceptors (Lipinski definition) is 3. The van der Waals surface area contributed by atoms with Crippen molar-refractivity contribution in [3.63, 3.8) is 0 Å². The first-order chi connectivity index (χ1) is 12.1.